The monoisotopic (exact) mass is 342 g/mol. The zero-order valence-corrected chi connectivity index (χ0v) is 14.5. The topological polar surface area (TPSA) is 20.7 Å². The fraction of sp³-hybridized carbons (Fsp3) is 0.562. The molecule has 1 aliphatic carbocycles. The fourth-order valence-electron chi connectivity index (χ4n) is 3.51. The summed E-state index contributed by atoms with van der Waals surface area (Å²) in [5.41, 5.74) is 2.02. The molecule has 0 spiro atoms. The number of benzene rings is 1. The van der Waals surface area contributed by atoms with Gasteiger partial charge in [0.05, 0.1) is 21.1 Å². The van der Waals surface area contributed by atoms with Crippen molar-refractivity contribution in [2.45, 2.75) is 45.6 Å². The third kappa shape index (κ3) is 3.30. The smallest absolute Gasteiger partial charge is 0.178 e. The molecule has 1 saturated carbocycles. The molecule has 114 valence electrons. The van der Waals surface area contributed by atoms with E-state index in [2.05, 4.69) is 16.5 Å². The van der Waals surface area contributed by atoms with Crippen LogP contribution in [0.5, 0.6) is 0 Å². The quantitative estimate of drug-likeness (QED) is 0.656. The number of fused-ring (bicyclic) bond motifs is 1. The van der Waals surface area contributed by atoms with E-state index in [0.29, 0.717) is 10.0 Å². The van der Waals surface area contributed by atoms with E-state index in [-0.39, 0.29) is 0 Å². The Balaban J connectivity index is 1.82. The molecule has 21 heavy (non-hydrogen) atoms. The van der Waals surface area contributed by atoms with Crippen LogP contribution in [0, 0.1) is 16.6 Å². The standard InChI is InChI=1S/C16H20Cl2N2S/c1-10-3-2-4-11(7-10)5-6-20-15-9-13(18)12(17)8-14(15)19-16(20)21/h8-11H,2-7H2,1H3,(H,19,21). The van der Waals surface area contributed by atoms with Gasteiger partial charge in [-0.25, -0.2) is 0 Å². The number of aromatic nitrogens is 2. The first-order valence-electron chi connectivity index (χ1n) is 7.62. The van der Waals surface area contributed by atoms with Crippen LogP contribution in [0.25, 0.3) is 11.0 Å². The highest BCUT2D eigenvalue weighted by atomic mass is 35.5. The first-order valence-corrected chi connectivity index (χ1v) is 8.78. The maximum Gasteiger partial charge on any atom is 0.178 e. The molecule has 5 heteroatoms. The summed E-state index contributed by atoms with van der Waals surface area (Å²) in [6, 6.07) is 3.77. The van der Waals surface area contributed by atoms with Gasteiger partial charge in [0.1, 0.15) is 0 Å². The number of aryl methyl sites for hydroxylation is 1. The van der Waals surface area contributed by atoms with Gasteiger partial charge in [0.15, 0.2) is 4.77 Å². The summed E-state index contributed by atoms with van der Waals surface area (Å²) < 4.78 is 2.92. The number of nitrogens with one attached hydrogen (secondary N) is 1. The number of halogens is 2. The predicted molar refractivity (Wildman–Crippen MR) is 92.9 cm³/mol. The Morgan fingerprint density at radius 2 is 2.05 bits per heavy atom. The number of hydrogen-bond donors (Lipinski definition) is 1. The molecule has 3 rings (SSSR count). The second kappa shape index (κ2) is 6.31. The number of H-pyrrole nitrogens is 1. The van der Waals surface area contributed by atoms with Crippen molar-refractivity contribution < 1.29 is 0 Å². The van der Waals surface area contributed by atoms with Crippen LogP contribution in [-0.2, 0) is 6.54 Å². The Labute approximate surface area is 140 Å². The molecule has 0 amide bonds. The summed E-state index contributed by atoms with van der Waals surface area (Å²) >= 11 is 17.7. The van der Waals surface area contributed by atoms with Gasteiger partial charge in [0, 0.05) is 6.54 Å². The van der Waals surface area contributed by atoms with Gasteiger partial charge in [-0.3, -0.25) is 0 Å². The van der Waals surface area contributed by atoms with E-state index in [9.17, 15) is 0 Å². The Bertz CT molecular complexity index is 704. The summed E-state index contributed by atoms with van der Waals surface area (Å²) in [5, 5.41) is 1.15. The van der Waals surface area contributed by atoms with Crippen molar-refractivity contribution in [2.24, 2.45) is 11.8 Å². The molecule has 2 nitrogen and oxygen atoms in total. The Morgan fingerprint density at radius 1 is 1.29 bits per heavy atom. The first kappa shape index (κ1) is 15.4. The average molecular weight is 343 g/mol. The molecule has 0 radical (unpaired) electrons. The molecule has 0 saturated heterocycles. The van der Waals surface area contributed by atoms with Crippen LogP contribution in [0.3, 0.4) is 0 Å². The number of nitrogens with zero attached hydrogens (tertiary/aromatic N) is 1. The van der Waals surface area contributed by atoms with Gasteiger partial charge < -0.3 is 9.55 Å². The highest BCUT2D eigenvalue weighted by Gasteiger charge is 2.19. The second-order valence-corrected chi connectivity index (χ2v) is 7.49. The molecule has 1 fully saturated rings. The minimum absolute atomic E-state index is 0.564. The minimum atomic E-state index is 0.564. The van der Waals surface area contributed by atoms with E-state index in [1.54, 1.807) is 0 Å². The summed E-state index contributed by atoms with van der Waals surface area (Å²) in [6.45, 7) is 3.32. The molecule has 1 N–H and O–H groups in total. The van der Waals surface area contributed by atoms with Crippen molar-refractivity contribution >= 4 is 46.5 Å². The first-order chi connectivity index (χ1) is 10.0. The lowest BCUT2D eigenvalue weighted by molar-refractivity contribution is 0.261. The van der Waals surface area contributed by atoms with Gasteiger partial charge in [0.25, 0.3) is 0 Å². The van der Waals surface area contributed by atoms with Crippen molar-refractivity contribution in [2.75, 3.05) is 0 Å². The third-order valence-electron chi connectivity index (χ3n) is 4.62. The van der Waals surface area contributed by atoms with Gasteiger partial charge in [-0.05, 0) is 49.0 Å². The van der Waals surface area contributed by atoms with E-state index < -0.39 is 0 Å². The van der Waals surface area contributed by atoms with Crippen LogP contribution < -0.4 is 0 Å². The van der Waals surface area contributed by atoms with Crippen LogP contribution in [0.2, 0.25) is 10.0 Å². The number of aromatic amines is 1. The van der Waals surface area contributed by atoms with Crippen LogP contribution in [-0.4, -0.2) is 9.55 Å². The number of hydrogen-bond acceptors (Lipinski definition) is 1. The van der Waals surface area contributed by atoms with Crippen LogP contribution in [0.15, 0.2) is 12.1 Å². The van der Waals surface area contributed by atoms with Crippen molar-refractivity contribution in [3.05, 3.63) is 26.9 Å². The third-order valence-corrected chi connectivity index (χ3v) is 5.67. The highest BCUT2D eigenvalue weighted by molar-refractivity contribution is 7.71. The summed E-state index contributed by atoms with van der Waals surface area (Å²) in [7, 11) is 0. The molecule has 1 heterocycles. The van der Waals surface area contributed by atoms with Gasteiger partial charge in [-0.1, -0.05) is 49.4 Å². The largest absolute Gasteiger partial charge is 0.331 e. The van der Waals surface area contributed by atoms with E-state index >= 15 is 0 Å². The number of rotatable bonds is 3. The molecule has 2 aromatic rings. The molecule has 1 aliphatic rings. The van der Waals surface area contributed by atoms with E-state index in [0.717, 1.165) is 34.2 Å². The Kier molecular flexibility index (Phi) is 4.63. The van der Waals surface area contributed by atoms with Crippen molar-refractivity contribution in [3.8, 4) is 0 Å². The molecule has 0 aliphatic heterocycles. The normalized spacial score (nSPS) is 22.8. The fourth-order valence-corrected chi connectivity index (χ4v) is 4.13. The van der Waals surface area contributed by atoms with Crippen molar-refractivity contribution in [1.29, 1.82) is 0 Å². The van der Waals surface area contributed by atoms with Crippen LogP contribution in [0.4, 0.5) is 0 Å². The van der Waals surface area contributed by atoms with Gasteiger partial charge >= 0.3 is 0 Å². The molecular weight excluding hydrogens is 323 g/mol. The lowest BCUT2D eigenvalue weighted by Gasteiger charge is -2.26. The zero-order valence-electron chi connectivity index (χ0n) is 12.2. The Morgan fingerprint density at radius 3 is 2.81 bits per heavy atom. The molecule has 1 aromatic carbocycles. The van der Waals surface area contributed by atoms with E-state index in [4.69, 9.17) is 35.4 Å². The summed E-state index contributed by atoms with van der Waals surface area (Å²) in [6.07, 6.45) is 6.64. The van der Waals surface area contributed by atoms with Gasteiger partial charge in [0.2, 0.25) is 0 Å². The highest BCUT2D eigenvalue weighted by Crippen LogP contribution is 2.32. The van der Waals surface area contributed by atoms with Crippen molar-refractivity contribution in [3.63, 3.8) is 0 Å². The van der Waals surface area contributed by atoms with E-state index in [1.807, 2.05) is 12.1 Å². The second-order valence-electron chi connectivity index (χ2n) is 6.29. The zero-order chi connectivity index (χ0) is 15.0. The molecule has 2 unspecified atom stereocenters. The van der Waals surface area contributed by atoms with Crippen LogP contribution in [0.1, 0.15) is 39.0 Å². The Hall–Kier alpha value is -0.510. The summed E-state index contributed by atoms with van der Waals surface area (Å²) in [5.74, 6) is 1.69. The summed E-state index contributed by atoms with van der Waals surface area (Å²) in [4.78, 5) is 3.23. The predicted octanol–water partition coefficient (Wildman–Crippen LogP) is 6.22. The molecule has 0 bridgehead atoms. The minimum Gasteiger partial charge on any atom is -0.331 e. The molecular formula is C16H20Cl2N2S. The molecule has 2 atom stereocenters. The lowest BCUT2D eigenvalue weighted by Crippen LogP contribution is -2.15. The van der Waals surface area contributed by atoms with Gasteiger partial charge in [-0.2, -0.15) is 0 Å². The van der Waals surface area contributed by atoms with Crippen LogP contribution >= 0.6 is 35.4 Å². The SMILES string of the molecule is CC1CCCC(CCn2c(=S)[nH]c3cc(Cl)c(Cl)cc32)C1. The van der Waals surface area contributed by atoms with E-state index in [1.165, 1.54) is 32.1 Å². The maximum atomic E-state index is 6.14. The average Bonchev–Trinajstić information content (AvgIpc) is 2.72. The maximum absolute atomic E-state index is 6.14. The number of imidazole rings is 1. The lowest BCUT2D eigenvalue weighted by atomic mass is 9.81. The molecule has 1 aromatic heterocycles. The van der Waals surface area contributed by atoms with Gasteiger partial charge in [-0.15, -0.1) is 0 Å². The van der Waals surface area contributed by atoms with Crippen molar-refractivity contribution in [1.82, 2.24) is 9.55 Å².